The van der Waals surface area contributed by atoms with E-state index in [0.717, 1.165) is 25.7 Å². The van der Waals surface area contributed by atoms with E-state index in [9.17, 15) is 22.6 Å². The van der Waals surface area contributed by atoms with E-state index < -0.39 is 39.8 Å². The number of carboxylic acids is 1. The van der Waals surface area contributed by atoms with Crippen molar-refractivity contribution in [1.29, 1.82) is 0 Å². The lowest BCUT2D eigenvalue weighted by molar-refractivity contribution is -0.153. The van der Waals surface area contributed by atoms with Gasteiger partial charge in [0.15, 0.2) is 5.25 Å². The molecular weight excluding hydrogens is 496 g/mol. The Hall–Kier alpha value is -2.13. The van der Waals surface area contributed by atoms with Crippen LogP contribution in [0.15, 0.2) is 30.3 Å². The average Bonchev–Trinajstić information content (AvgIpc) is 2.85. The second-order valence-electron chi connectivity index (χ2n) is 9.67. The van der Waals surface area contributed by atoms with Crippen LogP contribution in [0, 0.1) is 0 Å². The SMILES string of the molecule is CCCCCCCCCCCCCCCCC(COc1ccccc1)OC(=O)C(CC(=O)O)S(=O)(=O)O. The molecule has 0 saturated carbocycles. The number of ether oxygens (including phenoxy) is 2. The van der Waals surface area contributed by atoms with Crippen LogP contribution in [0.5, 0.6) is 5.75 Å². The average molecular weight is 543 g/mol. The predicted octanol–water partition coefficient (Wildman–Crippen LogP) is 6.58. The summed E-state index contributed by atoms with van der Waals surface area (Å²) in [6, 6.07) is 8.92. The molecule has 0 aliphatic rings. The van der Waals surface area contributed by atoms with Gasteiger partial charge in [-0.2, -0.15) is 8.42 Å². The van der Waals surface area contributed by atoms with Gasteiger partial charge in [-0.05, 0) is 25.0 Å². The largest absolute Gasteiger partial charge is 0.490 e. The maximum atomic E-state index is 12.4. The van der Waals surface area contributed by atoms with Gasteiger partial charge in [0.05, 0.1) is 6.42 Å². The second kappa shape index (κ2) is 19.9. The molecule has 1 aromatic rings. The lowest BCUT2D eigenvalue weighted by Crippen LogP contribution is -2.37. The first-order valence-corrected chi connectivity index (χ1v) is 15.3. The number of unbranched alkanes of at least 4 members (excludes halogenated alkanes) is 13. The highest BCUT2D eigenvalue weighted by atomic mass is 32.2. The smallest absolute Gasteiger partial charge is 0.327 e. The van der Waals surface area contributed by atoms with Gasteiger partial charge in [-0.3, -0.25) is 14.1 Å². The number of benzene rings is 1. The number of carbonyl (C=O) groups is 2. The number of hydrogen-bond acceptors (Lipinski definition) is 6. The number of para-hydroxylation sites is 1. The third-order valence-electron chi connectivity index (χ3n) is 6.32. The molecular formula is C28H46O8S. The van der Waals surface area contributed by atoms with Gasteiger partial charge >= 0.3 is 11.9 Å². The van der Waals surface area contributed by atoms with E-state index in [1.165, 1.54) is 64.2 Å². The van der Waals surface area contributed by atoms with Crippen LogP contribution >= 0.6 is 0 Å². The summed E-state index contributed by atoms with van der Waals surface area (Å²) in [5.41, 5.74) is 0. The van der Waals surface area contributed by atoms with Crippen LogP contribution in [0.1, 0.15) is 110 Å². The van der Waals surface area contributed by atoms with Crippen LogP contribution in [-0.4, -0.2) is 48.0 Å². The Morgan fingerprint density at radius 3 is 1.76 bits per heavy atom. The molecule has 1 rings (SSSR count). The Morgan fingerprint density at radius 2 is 1.30 bits per heavy atom. The van der Waals surface area contributed by atoms with Crippen LogP contribution in [0.3, 0.4) is 0 Å². The normalized spacial score (nSPS) is 13.1. The van der Waals surface area contributed by atoms with Crippen molar-refractivity contribution < 1.29 is 37.1 Å². The Kier molecular flexibility index (Phi) is 17.7. The molecule has 0 saturated heterocycles. The Bertz CT molecular complexity index is 841. The van der Waals surface area contributed by atoms with E-state index in [2.05, 4.69) is 6.92 Å². The number of carbonyl (C=O) groups excluding carboxylic acids is 1. The molecule has 0 bridgehead atoms. The molecule has 0 aromatic heterocycles. The monoisotopic (exact) mass is 542 g/mol. The fraction of sp³-hybridized carbons (Fsp3) is 0.714. The quantitative estimate of drug-likeness (QED) is 0.0902. The maximum absolute atomic E-state index is 12.4. The Balaban J connectivity index is 2.38. The van der Waals surface area contributed by atoms with Gasteiger partial charge in [0.2, 0.25) is 0 Å². The summed E-state index contributed by atoms with van der Waals surface area (Å²) in [5.74, 6) is -2.23. The van der Waals surface area contributed by atoms with Crippen LogP contribution in [0.2, 0.25) is 0 Å². The van der Waals surface area contributed by atoms with Crippen molar-refractivity contribution in [3.63, 3.8) is 0 Å². The van der Waals surface area contributed by atoms with Crippen molar-refractivity contribution >= 4 is 22.1 Å². The topological polar surface area (TPSA) is 127 Å². The van der Waals surface area contributed by atoms with Gasteiger partial charge in [-0.25, -0.2) is 0 Å². The Morgan fingerprint density at radius 1 is 0.811 bits per heavy atom. The second-order valence-corrected chi connectivity index (χ2v) is 11.3. The molecule has 8 nitrogen and oxygen atoms in total. The van der Waals surface area contributed by atoms with E-state index in [-0.39, 0.29) is 6.61 Å². The molecule has 0 fully saturated rings. The number of carboxylic acid groups (broad SMARTS) is 1. The summed E-state index contributed by atoms with van der Waals surface area (Å²) in [7, 11) is -4.92. The molecule has 0 spiro atoms. The number of esters is 1. The van der Waals surface area contributed by atoms with Crippen molar-refractivity contribution in [2.45, 2.75) is 121 Å². The zero-order valence-corrected chi connectivity index (χ0v) is 23.1. The molecule has 9 heteroatoms. The first-order chi connectivity index (χ1) is 17.7. The molecule has 37 heavy (non-hydrogen) atoms. The number of hydrogen-bond donors (Lipinski definition) is 2. The molecule has 212 valence electrons. The lowest BCUT2D eigenvalue weighted by atomic mass is 10.0. The predicted molar refractivity (Wildman–Crippen MR) is 144 cm³/mol. The minimum Gasteiger partial charge on any atom is -0.490 e. The summed E-state index contributed by atoms with van der Waals surface area (Å²) >= 11 is 0. The summed E-state index contributed by atoms with van der Waals surface area (Å²) in [4.78, 5) is 23.4. The molecule has 2 unspecified atom stereocenters. The van der Waals surface area contributed by atoms with Gasteiger partial charge in [0, 0.05) is 0 Å². The third-order valence-corrected chi connectivity index (χ3v) is 7.40. The van der Waals surface area contributed by atoms with Gasteiger partial charge in [0.25, 0.3) is 10.1 Å². The lowest BCUT2D eigenvalue weighted by Gasteiger charge is -2.21. The standard InChI is InChI=1S/C28H46O8S/c1-2-3-4-5-6-7-8-9-10-11-12-13-14-16-21-25(23-35-24-19-17-15-18-20-24)36-28(31)26(22-27(29)30)37(32,33)34/h15,17-20,25-26H,2-14,16,21-23H2,1H3,(H,29,30)(H,32,33,34). The zero-order chi connectivity index (χ0) is 27.4. The highest BCUT2D eigenvalue weighted by molar-refractivity contribution is 7.87. The van der Waals surface area contributed by atoms with Crippen molar-refractivity contribution in [2.75, 3.05) is 6.61 Å². The van der Waals surface area contributed by atoms with E-state index in [1.807, 2.05) is 6.07 Å². The van der Waals surface area contributed by atoms with Gasteiger partial charge in [-0.15, -0.1) is 0 Å². The van der Waals surface area contributed by atoms with Crippen molar-refractivity contribution in [3.05, 3.63) is 30.3 Å². The summed E-state index contributed by atoms with van der Waals surface area (Å²) in [6.45, 7) is 2.24. The maximum Gasteiger partial charge on any atom is 0.327 e. The number of rotatable bonds is 23. The van der Waals surface area contributed by atoms with Gasteiger partial charge in [-0.1, -0.05) is 109 Å². The van der Waals surface area contributed by atoms with Crippen molar-refractivity contribution in [3.8, 4) is 5.75 Å². The minimum atomic E-state index is -4.92. The molecule has 0 aliphatic carbocycles. The van der Waals surface area contributed by atoms with Crippen LogP contribution in [-0.2, 0) is 24.4 Å². The summed E-state index contributed by atoms with van der Waals surface area (Å²) in [5, 5.41) is 6.75. The van der Waals surface area contributed by atoms with E-state index in [4.69, 9.17) is 14.6 Å². The van der Waals surface area contributed by atoms with Crippen LogP contribution in [0.4, 0.5) is 0 Å². The molecule has 2 atom stereocenters. The Labute approximate surface area is 222 Å². The molecule has 0 heterocycles. The first kappa shape index (κ1) is 32.9. The number of aliphatic carboxylic acids is 1. The molecule has 0 aliphatic heterocycles. The molecule has 0 amide bonds. The highest BCUT2D eigenvalue weighted by Crippen LogP contribution is 2.17. The van der Waals surface area contributed by atoms with E-state index in [1.54, 1.807) is 24.3 Å². The third kappa shape index (κ3) is 17.1. The molecule has 2 N–H and O–H groups in total. The van der Waals surface area contributed by atoms with Crippen LogP contribution in [0.25, 0.3) is 0 Å². The van der Waals surface area contributed by atoms with Gasteiger partial charge in [0.1, 0.15) is 18.5 Å². The molecule has 1 aromatic carbocycles. The minimum absolute atomic E-state index is 0.000530. The molecule has 0 radical (unpaired) electrons. The fourth-order valence-corrected chi connectivity index (χ4v) is 4.81. The first-order valence-electron chi connectivity index (χ1n) is 13.8. The van der Waals surface area contributed by atoms with E-state index >= 15 is 0 Å². The summed E-state index contributed by atoms with van der Waals surface area (Å²) < 4.78 is 43.3. The fourth-order valence-electron chi connectivity index (χ4n) is 4.16. The zero-order valence-electron chi connectivity index (χ0n) is 22.3. The van der Waals surface area contributed by atoms with Crippen molar-refractivity contribution in [2.24, 2.45) is 0 Å². The highest BCUT2D eigenvalue weighted by Gasteiger charge is 2.36. The van der Waals surface area contributed by atoms with E-state index in [0.29, 0.717) is 12.2 Å². The van der Waals surface area contributed by atoms with Crippen molar-refractivity contribution in [1.82, 2.24) is 0 Å². The van der Waals surface area contributed by atoms with Crippen LogP contribution < -0.4 is 4.74 Å². The van der Waals surface area contributed by atoms with Gasteiger partial charge < -0.3 is 14.6 Å². The summed E-state index contributed by atoms with van der Waals surface area (Å²) in [6.07, 6.45) is 15.6.